The smallest absolute Gasteiger partial charge is 0.225 e. The first-order valence-corrected chi connectivity index (χ1v) is 7.58. The van der Waals surface area contributed by atoms with E-state index >= 15 is 0 Å². The lowest BCUT2D eigenvalue weighted by atomic mass is 9.74. The molecule has 1 saturated heterocycles. The summed E-state index contributed by atoms with van der Waals surface area (Å²) in [5.41, 5.74) is 0.854. The molecule has 110 valence electrons. The maximum absolute atomic E-state index is 12.4. The van der Waals surface area contributed by atoms with Gasteiger partial charge in [0.25, 0.3) is 0 Å². The molecule has 3 nitrogen and oxygen atoms in total. The molecule has 1 heterocycles. The van der Waals surface area contributed by atoms with Crippen LogP contribution in [0.15, 0.2) is 30.3 Å². The number of benzene rings is 1. The largest absolute Gasteiger partial charge is 0.395 e. The summed E-state index contributed by atoms with van der Waals surface area (Å²) in [4.78, 5) is 14.4. The summed E-state index contributed by atoms with van der Waals surface area (Å²) < 4.78 is 0. The molecule has 0 radical (unpaired) electrons. The van der Waals surface area contributed by atoms with Crippen molar-refractivity contribution in [2.24, 2.45) is 5.92 Å². The fourth-order valence-electron chi connectivity index (χ4n) is 3.05. The second kappa shape index (κ2) is 6.40. The van der Waals surface area contributed by atoms with Crippen LogP contribution in [0.25, 0.3) is 0 Å². The lowest BCUT2D eigenvalue weighted by molar-refractivity contribution is -0.137. The fourth-order valence-corrected chi connectivity index (χ4v) is 3.05. The van der Waals surface area contributed by atoms with Crippen molar-refractivity contribution in [3.63, 3.8) is 0 Å². The molecule has 0 bridgehead atoms. The maximum Gasteiger partial charge on any atom is 0.225 e. The summed E-state index contributed by atoms with van der Waals surface area (Å²) in [5.74, 6) is 0.293. The van der Waals surface area contributed by atoms with Crippen LogP contribution in [0, 0.1) is 5.92 Å². The molecule has 1 aromatic rings. The quantitative estimate of drug-likeness (QED) is 0.917. The van der Waals surface area contributed by atoms with Crippen molar-refractivity contribution in [1.82, 2.24) is 4.90 Å². The first-order chi connectivity index (χ1) is 9.63. The zero-order valence-corrected chi connectivity index (χ0v) is 12.5. The first-order valence-electron chi connectivity index (χ1n) is 7.58. The average Bonchev–Trinajstić information content (AvgIpc) is 2.54. The Hall–Kier alpha value is -1.35. The Morgan fingerprint density at radius 2 is 2.10 bits per heavy atom. The molecule has 20 heavy (non-hydrogen) atoms. The molecule has 2 atom stereocenters. The van der Waals surface area contributed by atoms with Crippen LogP contribution in [0.2, 0.25) is 0 Å². The summed E-state index contributed by atoms with van der Waals surface area (Å²) in [6.45, 7) is 5.58. The Balaban J connectivity index is 2.21. The highest BCUT2D eigenvalue weighted by atomic mass is 16.3. The lowest BCUT2D eigenvalue weighted by Gasteiger charge is -2.43. The monoisotopic (exact) mass is 275 g/mol. The van der Waals surface area contributed by atoms with Crippen molar-refractivity contribution in [1.29, 1.82) is 0 Å². The van der Waals surface area contributed by atoms with E-state index < -0.39 is 0 Å². The SMILES string of the molecule is CC[C@H](C)C(=O)N1CCC[C@@](CO)(c2ccccc2)C1. The van der Waals surface area contributed by atoms with Gasteiger partial charge in [0.2, 0.25) is 5.91 Å². The van der Waals surface area contributed by atoms with Crippen LogP contribution in [-0.4, -0.2) is 35.6 Å². The van der Waals surface area contributed by atoms with Gasteiger partial charge in [-0.05, 0) is 24.8 Å². The molecule has 0 spiro atoms. The van der Waals surface area contributed by atoms with Gasteiger partial charge in [0.15, 0.2) is 0 Å². The third kappa shape index (κ3) is 2.88. The predicted molar refractivity (Wildman–Crippen MR) is 80.5 cm³/mol. The average molecular weight is 275 g/mol. The standard InChI is InChI=1S/C17H25NO2/c1-3-14(2)16(20)18-11-7-10-17(12-18,13-19)15-8-5-4-6-9-15/h4-6,8-9,14,19H,3,7,10-13H2,1-2H3/t14-,17+/m0/s1. The number of hydrogen-bond donors (Lipinski definition) is 1. The van der Waals surface area contributed by atoms with E-state index in [0.29, 0.717) is 6.54 Å². The third-order valence-electron chi connectivity index (χ3n) is 4.61. The predicted octanol–water partition coefficient (Wildman–Crippen LogP) is 2.59. The van der Waals surface area contributed by atoms with Crippen LogP contribution >= 0.6 is 0 Å². The van der Waals surface area contributed by atoms with Crippen LogP contribution in [0.4, 0.5) is 0 Å². The van der Waals surface area contributed by atoms with Crippen LogP contribution in [0.5, 0.6) is 0 Å². The zero-order valence-electron chi connectivity index (χ0n) is 12.5. The van der Waals surface area contributed by atoms with Gasteiger partial charge in [-0.2, -0.15) is 0 Å². The summed E-state index contributed by atoms with van der Waals surface area (Å²) in [6, 6.07) is 10.1. The number of aliphatic hydroxyl groups excluding tert-OH is 1. The van der Waals surface area contributed by atoms with Gasteiger partial charge in [0.1, 0.15) is 0 Å². The Bertz CT molecular complexity index is 446. The number of likely N-dealkylation sites (tertiary alicyclic amines) is 1. The Labute approximate surface area is 121 Å². The molecule has 1 aliphatic heterocycles. The van der Waals surface area contributed by atoms with Gasteiger partial charge >= 0.3 is 0 Å². The van der Waals surface area contributed by atoms with Gasteiger partial charge in [0, 0.05) is 24.4 Å². The minimum Gasteiger partial charge on any atom is -0.395 e. The zero-order chi connectivity index (χ0) is 14.6. The molecular formula is C17H25NO2. The van der Waals surface area contributed by atoms with Crippen molar-refractivity contribution in [2.75, 3.05) is 19.7 Å². The number of hydrogen-bond acceptors (Lipinski definition) is 2. The molecule has 3 heteroatoms. The summed E-state index contributed by atoms with van der Waals surface area (Å²) in [7, 11) is 0. The number of nitrogens with zero attached hydrogens (tertiary/aromatic N) is 1. The molecule has 1 aromatic carbocycles. The summed E-state index contributed by atoms with van der Waals surface area (Å²) in [6.07, 6.45) is 2.77. The third-order valence-corrected chi connectivity index (χ3v) is 4.61. The number of aliphatic hydroxyl groups is 1. The number of amides is 1. The molecule has 0 unspecified atom stereocenters. The Morgan fingerprint density at radius 3 is 2.70 bits per heavy atom. The van der Waals surface area contributed by atoms with Crippen molar-refractivity contribution >= 4 is 5.91 Å². The molecule has 1 N–H and O–H groups in total. The highest BCUT2D eigenvalue weighted by molar-refractivity contribution is 5.78. The van der Waals surface area contributed by atoms with Gasteiger partial charge in [-0.3, -0.25) is 4.79 Å². The molecule has 1 fully saturated rings. The number of rotatable bonds is 4. The van der Waals surface area contributed by atoms with Gasteiger partial charge in [-0.15, -0.1) is 0 Å². The summed E-state index contributed by atoms with van der Waals surface area (Å²) in [5, 5.41) is 9.95. The van der Waals surface area contributed by atoms with E-state index in [1.165, 1.54) is 0 Å². The number of piperidine rings is 1. The molecule has 1 amide bonds. The van der Waals surface area contributed by atoms with Crippen molar-refractivity contribution in [3.05, 3.63) is 35.9 Å². The molecular weight excluding hydrogens is 250 g/mol. The van der Waals surface area contributed by atoms with Gasteiger partial charge in [-0.25, -0.2) is 0 Å². The second-order valence-corrected chi connectivity index (χ2v) is 5.98. The van der Waals surface area contributed by atoms with E-state index in [2.05, 4.69) is 12.1 Å². The highest BCUT2D eigenvalue weighted by Gasteiger charge is 2.38. The molecule has 0 aliphatic carbocycles. The van der Waals surface area contributed by atoms with E-state index in [1.54, 1.807) is 0 Å². The van der Waals surface area contributed by atoms with Gasteiger partial charge in [0.05, 0.1) is 6.61 Å². The van der Waals surface area contributed by atoms with E-state index in [9.17, 15) is 9.90 Å². The van der Waals surface area contributed by atoms with Crippen LogP contribution in [0.3, 0.4) is 0 Å². The molecule has 0 saturated carbocycles. The second-order valence-electron chi connectivity index (χ2n) is 5.98. The number of carbonyl (C=O) groups excluding carboxylic acids is 1. The first kappa shape index (κ1) is 15.0. The number of carbonyl (C=O) groups is 1. The summed E-state index contributed by atoms with van der Waals surface area (Å²) >= 11 is 0. The topological polar surface area (TPSA) is 40.5 Å². The van der Waals surface area contributed by atoms with Crippen LogP contribution < -0.4 is 0 Å². The fraction of sp³-hybridized carbons (Fsp3) is 0.588. The van der Waals surface area contributed by atoms with Crippen LogP contribution in [-0.2, 0) is 10.2 Å². The van der Waals surface area contributed by atoms with E-state index in [1.807, 2.05) is 36.9 Å². The minimum absolute atomic E-state index is 0.0697. The van der Waals surface area contributed by atoms with Crippen molar-refractivity contribution in [2.45, 2.75) is 38.5 Å². The highest BCUT2D eigenvalue weighted by Crippen LogP contribution is 2.34. The van der Waals surface area contributed by atoms with E-state index in [-0.39, 0.29) is 23.8 Å². The van der Waals surface area contributed by atoms with Crippen molar-refractivity contribution in [3.8, 4) is 0 Å². The minimum atomic E-state index is -0.289. The molecule has 1 aliphatic rings. The van der Waals surface area contributed by atoms with Gasteiger partial charge in [-0.1, -0.05) is 44.2 Å². The van der Waals surface area contributed by atoms with Crippen LogP contribution in [0.1, 0.15) is 38.7 Å². The van der Waals surface area contributed by atoms with Gasteiger partial charge < -0.3 is 10.0 Å². The van der Waals surface area contributed by atoms with Crippen molar-refractivity contribution < 1.29 is 9.90 Å². The lowest BCUT2D eigenvalue weighted by Crippen LogP contribution is -2.51. The Kier molecular flexibility index (Phi) is 4.81. The van der Waals surface area contributed by atoms with E-state index in [0.717, 1.165) is 31.4 Å². The molecule has 2 rings (SSSR count). The Morgan fingerprint density at radius 1 is 1.40 bits per heavy atom. The molecule has 0 aromatic heterocycles. The maximum atomic E-state index is 12.4. The normalized spacial score (nSPS) is 24.4. The van der Waals surface area contributed by atoms with E-state index in [4.69, 9.17) is 0 Å².